The zero-order chi connectivity index (χ0) is 24.6. The zero-order valence-electron chi connectivity index (χ0n) is 20.1. The van der Waals surface area contributed by atoms with Gasteiger partial charge in [-0.05, 0) is 42.2 Å². The third-order valence-corrected chi connectivity index (χ3v) is 5.88. The van der Waals surface area contributed by atoms with Crippen LogP contribution in [0.2, 0.25) is 0 Å². The summed E-state index contributed by atoms with van der Waals surface area (Å²) in [6.07, 6.45) is 2.03. The molecule has 0 spiro atoms. The van der Waals surface area contributed by atoms with Crippen molar-refractivity contribution in [3.63, 3.8) is 0 Å². The van der Waals surface area contributed by atoms with Crippen LogP contribution in [0.4, 0.5) is 0 Å². The van der Waals surface area contributed by atoms with E-state index in [1.807, 2.05) is 73.8 Å². The lowest BCUT2D eigenvalue weighted by atomic mass is 10.1. The lowest BCUT2D eigenvalue weighted by molar-refractivity contribution is -0.136. The number of aryl methyl sites for hydroxylation is 3. The molecule has 4 rings (SSSR count). The van der Waals surface area contributed by atoms with Crippen LogP contribution >= 0.6 is 0 Å². The first kappa shape index (κ1) is 24.1. The Bertz CT molecular complexity index is 1280. The van der Waals surface area contributed by atoms with E-state index in [1.165, 1.54) is 0 Å². The van der Waals surface area contributed by atoms with Crippen LogP contribution in [0, 0.1) is 0 Å². The summed E-state index contributed by atoms with van der Waals surface area (Å²) < 4.78 is 19.5. The second kappa shape index (κ2) is 11.4. The van der Waals surface area contributed by atoms with Gasteiger partial charge in [0.05, 0.1) is 24.8 Å². The Morgan fingerprint density at radius 2 is 1.77 bits per heavy atom. The standard InChI is InChI=1S/C28H30N2O5/c1-30-25-17-22(33-2)13-14-24(25)29-27(30)9-6-16-34-23-12-10-21(11-15-28(31)32)26(18-23)35-19-20-7-4-3-5-8-20/h3-5,7-8,10,12-14,17-18H,6,9,11,15-16,19H2,1-2H3,(H,31,32). The van der Waals surface area contributed by atoms with Crippen LogP contribution in [0.1, 0.15) is 29.8 Å². The fraction of sp³-hybridized carbons (Fsp3) is 0.286. The van der Waals surface area contributed by atoms with Crippen LogP contribution in [0.25, 0.3) is 11.0 Å². The molecule has 0 bridgehead atoms. The van der Waals surface area contributed by atoms with Gasteiger partial charge >= 0.3 is 5.97 Å². The van der Waals surface area contributed by atoms with E-state index in [4.69, 9.17) is 24.3 Å². The summed E-state index contributed by atoms with van der Waals surface area (Å²) in [5.41, 5.74) is 3.88. The van der Waals surface area contributed by atoms with E-state index in [0.717, 1.165) is 46.6 Å². The lowest BCUT2D eigenvalue weighted by Gasteiger charge is -2.14. The normalized spacial score (nSPS) is 10.9. The topological polar surface area (TPSA) is 82.8 Å². The Kier molecular flexibility index (Phi) is 7.88. The van der Waals surface area contributed by atoms with Crippen molar-refractivity contribution in [2.24, 2.45) is 7.05 Å². The molecule has 35 heavy (non-hydrogen) atoms. The number of hydrogen-bond donors (Lipinski definition) is 1. The number of carboxylic acid groups (broad SMARTS) is 1. The number of aromatic nitrogens is 2. The molecule has 1 N–H and O–H groups in total. The number of rotatable bonds is 12. The van der Waals surface area contributed by atoms with Gasteiger partial charge in [-0.2, -0.15) is 0 Å². The number of fused-ring (bicyclic) bond motifs is 1. The first-order valence-corrected chi connectivity index (χ1v) is 11.7. The average Bonchev–Trinajstić information content (AvgIpc) is 3.19. The number of imidazole rings is 1. The molecule has 1 heterocycles. The van der Waals surface area contributed by atoms with Crippen molar-refractivity contribution >= 4 is 17.0 Å². The number of carbonyl (C=O) groups is 1. The molecule has 4 aromatic rings. The number of aliphatic carboxylic acids is 1. The average molecular weight is 475 g/mol. The molecule has 0 aliphatic carbocycles. The first-order chi connectivity index (χ1) is 17.0. The molecule has 7 nitrogen and oxygen atoms in total. The molecular formula is C28H30N2O5. The Morgan fingerprint density at radius 1 is 0.971 bits per heavy atom. The van der Waals surface area contributed by atoms with Crippen LogP contribution in [-0.4, -0.2) is 34.3 Å². The number of carboxylic acids is 1. The minimum absolute atomic E-state index is 0.0474. The van der Waals surface area contributed by atoms with Crippen LogP contribution in [0.15, 0.2) is 66.7 Å². The SMILES string of the molecule is COc1ccc2nc(CCCOc3ccc(CCC(=O)O)c(OCc4ccccc4)c3)n(C)c2c1. The van der Waals surface area contributed by atoms with Crippen LogP contribution in [0.5, 0.6) is 17.2 Å². The van der Waals surface area contributed by atoms with E-state index in [-0.39, 0.29) is 6.42 Å². The number of hydrogen-bond acceptors (Lipinski definition) is 5. The Morgan fingerprint density at radius 3 is 2.54 bits per heavy atom. The third kappa shape index (κ3) is 6.32. The van der Waals surface area contributed by atoms with Gasteiger partial charge in [-0.1, -0.05) is 36.4 Å². The highest BCUT2D eigenvalue weighted by Crippen LogP contribution is 2.28. The zero-order valence-corrected chi connectivity index (χ0v) is 20.1. The molecule has 1 aromatic heterocycles. The second-order valence-corrected chi connectivity index (χ2v) is 8.33. The molecule has 0 atom stereocenters. The fourth-order valence-corrected chi connectivity index (χ4v) is 3.93. The summed E-state index contributed by atoms with van der Waals surface area (Å²) in [7, 11) is 3.67. The van der Waals surface area contributed by atoms with Gasteiger partial charge in [-0.15, -0.1) is 0 Å². The molecule has 0 fully saturated rings. The lowest BCUT2D eigenvalue weighted by Crippen LogP contribution is -2.05. The molecule has 182 valence electrons. The van der Waals surface area contributed by atoms with Gasteiger partial charge < -0.3 is 23.9 Å². The third-order valence-electron chi connectivity index (χ3n) is 5.88. The number of nitrogens with zero attached hydrogens (tertiary/aromatic N) is 2. The van der Waals surface area contributed by atoms with Gasteiger partial charge in [0.1, 0.15) is 29.7 Å². The van der Waals surface area contributed by atoms with Gasteiger partial charge in [0.2, 0.25) is 0 Å². The molecule has 0 saturated carbocycles. The predicted octanol–water partition coefficient (Wildman–Crippen LogP) is 5.19. The summed E-state index contributed by atoms with van der Waals surface area (Å²) in [5, 5.41) is 9.08. The maximum Gasteiger partial charge on any atom is 0.303 e. The van der Waals surface area contributed by atoms with Crippen LogP contribution < -0.4 is 14.2 Å². The van der Waals surface area contributed by atoms with Gasteiger partial charge in [-0.3, -0.25) is 4.79 Å². The van der Waals surface area contributed by atoms with Gasteiger partial charge in [0.15, 0.2) is 0 Å². The highest BCUT2D eigenvalue weighted by molar-refractivity contribution is 5.77. The van der Waals surface area contributed by atoms with Crippen LogP contribution in [0.3, 0.4) is 0 Å². The summed E-state index contributed by atoms with van der Waals surface area (Å²) in [4.78, 5) is 15.8. The maximum atomic E-state index is 11.1. The van der Waals surface area contributed by atoms with E-state index >= 15 is 0 Å². The molecule has 0 saturated heterocycles. The molecule has 0 amide bonds. The Hall–Kier alpha value is -4.00. The van der Waals surface area contributed by atoms with Crippen molar-refractivity contribution in [1.82, 2.24) is 9.55 Å². The summed E-state index contributed by atoms with van der Waals surface area (Å²) >= 11 is 0. The fourth-order valence-electron chi connectivity index (χ4n) is 3.93. The van der Waals surface area contributed by atoms with Crippen molar-refractivity contribution in [2.75, 3.05) is 13.7 Å². The van der Waals surface area contributed by atoms with Crippen molar-refractivity contribution < 1.29 is 24.1 Å². The highest BCUT2D eigenvalue weighted by Gasteiger charge is 2.11. The quantitative estimate of drug-likeness (QED) is 0.285. The Balaban J connectivity index is 1.38. The minimum atomic E-state index is -0.834. The number of ether oxygens (including phenoxy) is 3. The predicted molar refractivity (Wildman–Crippen MR) is 134 cm³/mol. The Labute approximate surface area is 204 Å². The van der Waals surface area contributed by atoms with Gasteiger partial charge in [-0.25, -0.2) is 4.98 Å². The van der Waals surface area contributed by atoms with Crippen LogP contribution in [-0.2, 0) is 31.3 Å². The summed E-state index contributed by atoms with van der Waals surface area (Å²) in [6.45, 7) is 0.932. The smallest absolute Gasteiger partial charge is 0.303 e. The van der Waals surface area contributed by atoms with Crippen molar-refractivity contribution in [1.29, 1.82) is 0 Å². The number of methoxy groups -OCH3 is 1. The number of benzene rings is 3. The van der Waals surface area contributed by atoms with Gasteiger partial charge in [0.25, 0.3) is 0 Å². The summed E-state index contributed by atoms with van der Waals surface area (Å²) in [6, 6.07) is 21.4. The summed E-state index contributed by atoms with van der Waals surface area (Å²) in [5.74, 6) is 2.32. The molecule has 0 unspecified atom stereocenters. The highest BCUT2D eigenvalue weighted by atomic mass is 16.5. The van der Waals surface area contributed by atoms with E-state index in [2.05, 4.69) is 4.57 Å². The second-order valence-electron chi connectivity index (χ2n) is 8.33. The van der Waals surface area contributed by atoms with E-state index in [9.17, 15) is 4.79 Å². The molecule has 0 aliphatic rings. The largest absolute Gasteiger partial charge is 0.497 e. The van der Waals surface area contributed by atoms with Crippen molar-refractivity contribution in [2.45, 2.75) is 32.3 Å². The van der Waals surface area contributed by atoms with Gasteiger partial charge in [0, 0.05) is 32.0 Å². The molecule has 0 radical (unpaired) electrons. The maximum absolute atomic E-state index is 11.1. The van der Waals surface area contributed by atoms with E-state index in [1.54, 1.807) is 7.11 Å². The van der Waals surface area contributed by atoms with Crippen molar-refractivity contribution in [3.8, 4) is 17.2 Å². The van der Waals surface area contributed by atoms with E-state index < -0.39 is 5.97 Å². The molecular weight excluding hydrogens is 444 g/mol. The molecule has 3 aromatic carbocycles. The van der Waals surface area contributed by atoms with E-state index in [0.29, 0.717) is 31.1 Å². The molecule has 0 aliphatic heterocycles. The van der Waals surface area contributed by atoms with Crippen molar-refractivity contribution in [3.05, 3.63) is 83.7 Å². The monoisotopic (exact) mass is 474 g/mol. The molecule has 7 heteroatoms. The first-order valence-electron chi connectivity index (χ1n) is 11.7. The minimum Gasteiger partial charge on any atom is -0.497 e.